The number of amides is 1. The van der Waals surface area contributed by atoms with E-state index in [9.17, 15) is 14.7 Å². The summed E-state index contributed by atoms with van der Waals surface area (Å²) in [6, 6.07) is 4.57. The van der Waals surface area contributed by atoms with E-state index in [-0.39, 0.29) is 12.1 Å². The number of aromatic carboxylic acids is 1. The van der Waals surface area contributed by atoms with Crippen molar-refractivity contribution in [3.05, 3.63) is 34.8 Å². The second-order valence-corrected chi connectivity index (χ2v) is 9.42. The van der Waals surface area contributed by atoms with Gasteiger partial charge in [0.2, 0.25) is 0 Å². The highest BCUT2D eigenvalue weighted by atomic mass is 16.7. The fraction of sp³-hybridized carbons (Fsp3) is 0.545. The van der Waals surface area contributed by atoms with Gasteiger partial charge in [-0.3, -0.25) is 0 Å². The molecule has 0 aliphatic carbocycles. The van der Waals surface area contributed by atoms with Crippen molar-refractivity contribution < 1.29 is 33.5 Å². The number of benzene rings is 1. The number of rotatable bonds is 6. The lowest BCUT2D eigenvalue weighted by atomic mass is 9.77. The normalized spacial score (nSPS) is 17.9. The van der Waals surface area contributed by atoms with Crippen LogP contribution in [0, 0.1) is 0 Å². The van der Waals surface area contributed by atoms with Crippen LogP contribution in [0.2, 0.25) is 0 Å². The number of carbonyl (C=O) groups is 2. The zero-order valence-electron chi connectivity index (χ0n) is 19.5. The van der Waals surface area contributed by atoms with E-state index in [4.69, 9.17) is 18.8 Å². The molecule has 170 valence electrons. The molecule has 1 amide bonds. The molecule has 0 unspecified atom stereocenters. The summed E-state index contributed by atoms with van der Waals surface area (Å²) in [5, 5.41) is 12.0. The molecule has 8 nitrogen and oxygen atoms in total. The molecule has 1 aliphatic rings. The van der Waals surface area contributed by atoms with Gasteiger partial charge >= 0.3 is 19.2 Å². The highest BCUT2D eigenvalue weighted by Gasteiger charge is 2.52. The first-order valence-electron chi connectivity index (χ1n) is 10.1. The van der Waals surface area contributed by atoms with Gasteiger partial charge in [-0.2, -0.15) is 0 Å². The van der Waals surface area contributed by atoms with Gasteiger partial charge < -0.3 is 29.2 Å². The molecular weight excluding hydrogens is 401 g/mol. The van der Waals surface area contributed by atoms with Crippen LogP contribution in [0.3, 0.4) is 0 Å². The van der Waals surface area contributed by atoms with Gasteiger partial charge in [-0.15, -0.1) is 0 Å². The number of methoxy groups -OCH3 is 1. The molecule has 1 heterocycles. The SMILES string of the molecule is COc1cc(C(=O)O)ccc1C=C(CNC(=O)OC(C)(C)C)B1OC(C)(C)C(C)(C)O1. The van der Waals surface area contributed by atoms with Gasteiger partial charge in [-0.1, -0.05) is 12.1 Å². The highest BCUT2D eigenvalue weighted by molar-refractivity contribution is 6.56. The van der Waals surface area contributed by atoms with E-state index in [2.05, 4.69) is 5.32 Å². The highest BCUT2D eigenvalue weighted by Crippen LogP contribution is 2.39. The monoisotopic (exact) mass is 433 g/mol. The third kappa shape index (κ3) is 6.24. The van der Waals surface area contributed by atoms with Crippen LogP contribution in [-0.2, 0) is 14.0 Å². The molecule has 1 fully saturated rings. The maximum absolute atomic E-state index is 12.2. The first-order chi connectivity index (χ1) is 14.1. The maximum Gasteiger partial charge on any atom is 0.492 e. The molecule has 0 bridgehead atoms. The molecule has 0 aromatic heterocycles. The van der Waals surface area contributed by atoms with E-state index >= 15 is 0 Å². The van der Waals surface area contributed by atoms with E-state index in [0.29, 0.717) is 16.8 Å². The van der Waals surface area contributed by atoms with Crippen LogP contribution < -0.4 is 10.1 Å². The summed E-state index contributed by atoms with van der Waals surface area (Å²) < 4.78 is 23.0. The van der Waals surface area contributed by atoms with E-state index < -0.39 is 36.0 Å². The van der Waals surface area contributed by atoms with Crippen molar-refractivity contribution in [3.63, 3.8) is 0 Å². The van der Waals surface area contributed by atoms with Crippen LogP contribution in [0.5, 0.6) is 5.75 Å². The second-order valence-electron chi connectivity index (χ2n) is 9.42. The molecule has 31 heavy (non-hydrogen) atoms. The van der Waals surface area contributed by atoms with Crippen molar-refractivity contribution in [2.45, 2.75) is 65.3 Å². The van der Waals surface area contributed by atoms with Crippen LogP contribution in [0.1, 0.15) is 64.4 Å². The lowest BCUT2D eigenvalue weighted by Gasteiger charge is -2.32. The zero-order valence-corrected chi connectivity index (χ0v) is 19.5. The number of carboxylic acids is 1. The van der Waals surface area contributed by atoms with Gasteiger partial charge in [0.15, 0.2) is 0 Å². The summed E-state index contributed by atoms with van der Waals surface area (Å²) in [6.07, 6.45) is 1.20. The molecule has 0 radical (unpaired) electrons. The molecule has 2 rings (SSSR count). The summed E-state index contributed by atoms with van der Waals surface area (Å²) in [5.74, 6) is -0.669. The van der Waals surface area contributed by atoms with Crippen LogP contribution in [0.15, 0.2) is 23.7 Å². The van der Waals surface area contributed by atoms with Gasteiger partial charge in [0.25, 0.3) is 0 Å². The number of alkyl carbamates (subject to hydrolysis) is 1. The van der Waals surface area contributed by atoms with E-state index in [1.807, 2.05) is 27.7 Å². The minimum atomic E-state index is -1.05. The summed E-state index contributed by atoms with van der Waals surface area (Å²) in [4.78, 5) is 23.5. The number of nitrogens with one attached hydrogen (secondary N) is 1. The Bertz CT molecular complexity index is 855. The predicted molar refractivity (Wildman–Crippen MR) is 118 cm³/mol. The number of hydrogen-bond acceptors (Lipinski definition) is 6. The van der Waals surface area contributed by atoms with E-state index in [1.54, 1.807) is 32.9 Å². The summed E-state index contributed by atoms with van der Waals surface area (Å²) in [6.45, 7) is 13.2. The van der Waals surface area contributed by atoms with Crippen molar-refractivity contribution in [2.24, 2.45) is 0 Å². The van der Waals surface area contributed by atoms with Crippen LogP contribution in [0.25, 0.3) is 6.08 Å². The Morgan fingerprint density at radius 3 is 2.23 bits per heavy atom. The van der Waals surface area contributed by atoms with Gasteiger partial charge in [0, 0.05) is 12.1 Å². The molecule has 0 saturated carbocycles. The van der Waals surface area contributed by atoms with Gasteiger partial charge in [0.1, 0.15) is 11.4 Å². The second kappa shape index (κ2) is 8.92. The predicted octanol–water partition coefficient (Wildman–Crippen LogP) is 3.93. The first kappa shape index (κ1) is 24.8. The molecule has 0 atom stereocenters. The van der Waals surface area contributed by atoms with Crippen LogP contribution in [-0.4, -0.2) is 54.7 Å². The van der Waals surface area contributed by atoms with Gasteiger partial charge in [0.05, 0.1) is 23.9 Å². The molecule has 1 aliphatic heterocycles. The molecule has 2 N–H and O–H groups in total. The third-order valence-corrected chi connectivity index (χ3v) is 5.21. The van der Waals surface area contributed by atoms with Crippen molar-refractivity contribution in [1.29, 1.82) is 0 Å². The average Bonchev–Trinajstić information content (AvgIpc) is 2.84. The standard InChI is InChI=1S/C22H32BNO7/c1-20(2,3)29-19(27)24-13-16(23-30-21(4,5)22(6,7)31-23)11-14-9-10-15(18(25)26)12-17(14)28-8/h9-12H,13H2,1-8H3,(H,24,27)(H,25,26). The third-order valence-electron chi connectivity index (χ3n) is 5.21. The molecule has 1 saturated heterocycles. The molecule has 0 spiro atoms. The number of ether oxygens (including phenoxy) is 2. The Kier molecular flexibility index (Phi) is 7.12. The quantitative estimate of drug-likeness (QED) is 0.655. The molecule has 1 aromatic rings. The molecule has 1 aromatic carbocycles. The van der Waals surface area contributed by atoms with E-state index in [1.165, 1.54) is 19.2 Å². The van der Waals surface area contributed by atoms with Crippen molar-refractivity contribution in [1.82, 2.24) is 5.32 Å². The van der Waals surface area contributed by atoms with Gasteiger partial charge in [-0.05, 0) is 66.1 Å². The summed E-state index contributed by atoms with van der Waals surface area (Å²) >= 11 is 0. The number of hydrogen-bond donors (Lipinski definition) is 2. The lowest BCUT2D eigenvalue weighted by Crippen LogP contribution is -2.41. The van der Waals surface area contributed by atoms with Crippen LogP contribution >= 0.6 is 0 Å². The van der Waals surface area contributed by atoms with Crippen molar-refractivity contribution in [2.75, 3.05) is 13.7 Å². The Morgan fingerprint density at radius 2 is 1.74 bits per heavy atom. The van der Waals surface area contributed by atoms with Gasteiger partial charge in [-0.25, -0.2) is 9.59 Å². The van der Waals surface area contributed by atoms with E-state index in [0.717, 1.165) is 0 Å². The fourth-order valence-corrected chi connectivity index (χ4v) is 2.85. The molecule has 9 heteroatoms. The minimum Gasteiger partial charge on any atom is -0.496 e. The Labute approximate surface area is 184 Å². The molecular formula is C22H32BNO7. The largest absolute Gasteiger partial charge is 0.496 e. The van der Waals surface area contributed by atoms with Crippen molar-refractivity contribution >= 4 is 25.3 Å². The van der Waals surface area contributed by atoms with Crippen LogP contribution in [0.4, 0.5) is 4.79 Å². The fourth-order valence-electron chi connectivity index (χ4n) is 2.85. The Balaban J connectivity index is 2.38. The number of carboxylic acid groups (broad SMARTS) is 1. The summed E-state index contributed by atoms with van der Waals surface area (Å²) in [5.41, 5.74) is -0.402. The Hall–Kier alpha value is -2.52. The minimum absolute atomic E-state index is 0.107. The summed E-state index contributed by atoms with van der Waals surface area (Å²) in [7, 11) is 0.745. The topological polar surface area (TPSA) is 103 Å². The lowest BCUT2D eigenvalue weighted by molar-refractivity contribution is 0.00578. The smallest absolute Gasteiger partial charge is 0.492 e. The maximum atomic E-state index is 12.2. The van der Waals surface area contributed by atoms with Crippen molar-refractivity contribution in [3.8, 4) is 5.75 Å². The zero-order chi connectivity index (χ0) is 23.6. The number of carbonyl (C=O) groups excluding carboxylic acids is 1. The Morgan fingerprint density at radius 1 is 1.16 bits per heavy atom. The first-order valence-corrected chi connectivity index (χ1v) is 10.1. The average molecular weight is 433 g/mol.